The Morgan fingerprint density at radius 2 is 2.00 bits per heavy atom. The first-order valence-corrected chi connectivity index (χ1v) is 9.83. The van der Waals surface area contributed by atoms with Gasteiger partial charge in [-0.15, -0.1) is 0 Å². The normalized spacial score (nSPS) is 12.1. The highest BCUT2D eigenvalue weighted by atomic mass is 32.2. The first-order valence-electron chi connectivity index (χ1n) is 7.98. The van der Waals surface area contributed by atoms with Crippen molar-refractivity contribution in [2.45, 2.75) is 33.7 Å². The van der Waals surface area contributed by atoms with Crippen molar-refractivity contribution in [2.75, 3.05) is 25.9 Å². The number of hydrogen-bond acceptors (Lipinski definition) is 3. The molecule has 0 saturated carbocycles. The predicted molar refractivity (Wildman–Crippen MR) is 92.4 cm³/mol. The molecule has 1 aromatic heterocycles. The molecule has 0 aliphatic carbocycles. The minimum atomic E-state index is -3.37. The lowest BCUT2D eigenvalue weighted by Crippen LogP contribution is -2.43. The molecule has 1 aromatic rings. The summed E-state index contributed by atoms with van der Waals surface area (Å²) in [6.45, 7) is 7.36. The molecule has 0 aliphatic heterocycles. The van der Waals surface area contributed by atoms with Crippen LogP contribution in [0, 0.1) is 5.92 Å². The Hall–Kier alpha value is -1.34. The molecule has 1 amide bonds. The molecule has 0 radical (unpaired) electrons. The molecule has 1 heterocycles. The molecule has 1 rings (SSSR count). The van der Waals surface area contributed by atoms with Gasteiger partial charge in [-0.1, -0.05) is 20.8 Å². The maximum absolute atomic E-state index is 12.7. The number of carbonyl (C=O) groups is 1. The van der Waals surface area contributed by atoms with Gasteiger partial charge in [0.05, 0.1) is 19.3 Å². The highest BCUT2D eigenvalue weighted by Gasteiger charge is 2.23. The average Bonchev–Trinajstić information content (AvgIpc) is 2.81. The summed E-state index contributed by atoms with van der Waals surface area (Å²) < 4.78 is 26.9. The van der Waals surface area contributed by atoms with Crippen LogP contribution >= 0.6 is 0 Å². The van der Waals surface area contributed by atoms with Crippen molar-refractivity contribution < 1.29 is 13.2 Å². The van der Waals surface area contributed by atoms with Crippen LogP contribution in [0.5, 0.6) is 0 Å². The zero-order valence-electron chi connectivity index (χ0n) is 14.8. The first kappa shape index (κ1) is 19.7. The standard InChI is InChI=1S/C16H29N3O3S/c1-6-9-19(23(5,21)22)13-16(20)18(11-14(2)3)12-15-8-7-10-17(15)4/h7-8,10,14H,6,9,11-13H2,1-5H3. The van der Waals surface area contributed by atoms with Gasteiger partial charge in [-0.25, -0.2) is 8.42 Å². The van der Waals surface area contributed by atoms with Crippen LogP contribution < -0.4 is 0 Å². The minimum absolute atomic E-state index is 0.0934. The van der Waals surface area contributed by atoms with Crippen LogP contribution in [0.4, 0.5) is 0 Å². The van der Waals surface area contributed by atoms with Gasteiger partial charge in [0.1, 0.15) is 0 Å². The zero-order valence-corrected chi connectivity index (χ0v) is 15.6. The zero-order chi connectivity index (χ0) is 17.6. The second kappa shape index (κ2) is 8.49. The van der Waals surface area contributed by atoms with Crippen molar-refractivity contribution in [3.05, 3.63) is 24.0 Å². The molecule has 6 nitrogen and oxygen atoms in total. The van der Waals surface area contributed by atoms with E-state index in [2.05, 4.69) is 0 Å². The largest absolute Gasteiger partial charge is 0.353 e. The quantitative estimate of drug-likeness (QED) is 0.685. The van der Waals surface area contributed by atoms with E-state index in [1.807, 2.05) is 50.7 Å². The number of rotatable bonds is 9. The molecular weight excluding hydrogens is 314 g/mol. The topological polar surface area (TPSA) is 62.6 Å². The first-order chi connectivity index (χ1) is 10.6. The van der Waals surface area contributed by atoms with Gasteiger partial charge in [-0.3, -0.25) is 4.79 Å². The van der Waals surface area contributed by atoms with Gasteiger partial charge in [0, 0.05) is 32.0 Å². The summed E-state index contributed by atoms with van der Waals surface area (Å²) in [7, 11) is -1.44. The second-order valence-corrected chi connectivity index (χ2v) is 8.36. The fourth-order valence-corrected chi connectivity index (χ4v) is 3.27. The van der Waals surface area contributed by atoms with E-state index in [-0.39, 0.29) is 12.5 Å². The molecule has 0 unspecified atom stereocenters. The van der Waals surface area contributed by atoms with Crippen LogP contribution in [0.1, 0.15) is 32.9 Å². The number of carbonyl (C=O) groups excluding carboxylic acids is 1. The van der Waals surface area contributed by atoms with Crippen LogP contribution in [-0.4, -0.2) is 54.0 Å². The lowest BCUT2D eigenvalue weighted by atomic mass is 10.2. The van der Waals surface area contributed by atoms with E-state index in [9.17, 15) is 13.2 Å². The molecule has 0 aliphatic rings. The SMILES string of the molecule is CCCN(CC(=O)N(Cc1cccn1C)CC(C)C)S(C)(=O)=O. The fourth-order valence-electron chi connectivity index (χ4n) is 2.41. The summed E-state index contributed by atoms with van der Waals surface area (Å²) in [5.74, 6) is 0.163. The van der Waals surface area contributed by atoms with E-state index in [4.69, 9.17) is 0 Å². The van der Waals surface area contributed by atoms with Crippen molar-refractivity contribution in [1.29, 1.82) is 0 Å². The van der Waals surface area contributed by atoms with Crippen LogP contribution in [-0.2, 0) is 28.4 Å². The highest BCUT2D eigenvalue weighted by molar-refractivity contribution is 7.88. The molecule has 0 atom stereocenters. The Labute approximate surface area is 140 Å². The monoisotopic (exact) mass is 343 g/mol. The van der Waals surface area contributed by atoms with Gasteiger partial charge < -0.3 is 9.47 Å². The lowest BCUT2D eigenvalue weighted by molar-refractivity contribution is -0.132. The van der Waals surface area contributed by atoms with Crippen molar-refractivity contribution in [3.63, 3.8) is 0 Å². The van der Waals surface area contributed by atoms with Crippen LogP contribution in [0.3, 0.4) is 0 Å². The fraction of sp³-hybridized carbons (Fsp3) is 0.688. The van der Waals surface area contributed by atoms with Crippen LogP contribution in [0.15, 0.2) is 18.3 Å². The third kappa shape index (κ3) is 6.35. The molecule has 0 N–H and O–H groups in total. The maximum Gasteiger partial charge on any atom is 0.238 e. The lowest BCUT2D eigenvalue weighted by Gasteiger charge is -2.28. The van der Waals surface area contributed by atoms with E-state index in [0.29, 0.717) is 32.0 Å². The molecular formula is C16H29N3O3S. The van der Waals surface area contributed by atoms with E-state index >= 15 is 0 Å². The number of amides is 1. The van der Waals surface area contributed by atoms with Gasteiger partial charge >= 0.3 is 0 Å². The third-order valence-corrected chi connectivity index (χ3v) is 4.85. The Morgan fingerprint density at radius 3 is 2.43 bits per heavy atom. The molecule has 0 bridgehead atoms. The number of aromatic nitrogens is 1. The summed E-state index contributed by atoms with van der Waals surface area (Å²) in [5, 5.41) is 0. The predicted octanol–water partition coefficient (Wildman–Crippen LogP) is 1.68. The number of nitrogens with zero attached hydrogens (tertiary/aromatic N) is 3. The third-order valence-electron chi connectivity index (χ3n) is 3.60. The Balaban J connectivity index is 2.88. The summed E-state index contributed by atoms with van der Waals surface area (Å²) in [4.78, 5) is 14.4. The van der Waals surface area contributed by atoms with Gasteiger partial charge in [0.15, 0.2) is 0 Å². The Bertz CT molecular complexity index is 608. The van der Waals surface area contributed by atoms with Crippen molar-refractivity contribution >= 4 is 15.9 Å². The molecule has 0 aromatic carbocycles. The van der Waals surface area contributed by atoms with Crippen molar-refractivity contribution in [1.82, 2.24) is 13.8 Å². The second-order valence-electron chi connectivity index (χ2n) is 6.38. The smallest absolute Gasteiger partial charge is 0.238 e. The van der Waals surface area contributed by atoms with Crippen LogP contribution in [0.25, 0.3) is 0 Å². The van der Waals surface area contributed by atoms with E-state index in [1.54, 1.807) is 4.90 Å². The van der Waals surface area contributed by atoms with Gasteiger partial charge in [0.2, 0.25) is 15.9 Å². The summed E-state index contributed by atoms with van der Waals surface area (Å²) >= 11 is 0. The van der Waals surface area contributed by atoms with Gasteiger partial charge in [0.25, 0.3) is 0 Å². The maximum atomic E-state index is 12.7. The van der Waals surface area contributed by atoms with Crippen molar-refractivity contribution in [2.24, 2.45) is 13.0 Å². The number of sulfonamides is 1. The van der Waals surface area contributed by atoms with Gasteiger partial charge in [-0.2, -0.15) is 4.31 Å². The minimum Gasteiger partial charge on any atom is -0.353 e. The molecule has 7 heteroatoms. The summed E-state index contributed by atoms with van der Waals surface area (Å²) in [6.07, 6.45) is 3.77. The van der Waals surface area contributed by atoms with E-state index < -0.39 is 10.0 Å². The Morgan fingerprint density at radius 1 is 1.35 bits per heavy atom. The number of hydrogen-bond donors (Lipinski definition) is 0. The number of aryl methyl sites for hydroxylation is 1. The molecule has 0 fully saturated rings. The van der Waals surface area contributed by atoms with E-state index in [1.165, 1.54) is 4.31 Å². The van der Waals surface area contributed by atoms with Gasteiger partial charge in [-0.05, 0) is 24.5 Å². The van der Waals surface area contributed by atoms with Crippen molar-refractivity contribution in [3.8, 4) is 0 Å². The Kier molecular flexibility index (Phi) is 7.28. The van der Waals surface area contributed by atoms with Crippen LogP contribution in [0.2, 0.25) is 0 Å². The molecule has 132 valence electrons. The molecule has 0 saturated heterocycles. The highest BCUT2D eigenvalue weighted by Crippen LogP contribution is 2.10. The average molecular weight is 343 g/mol. The summed E-state index contributed by atoms with van der Waals surface area (Å²) in [5.41, 5.74) is 1.03. The molecule has 0 spiro atoms. The summed E-state index contributed by atoms with van der Waals surface area (Å²) in [6, 6.07) is 3.91. The van der Waals surface area contributed by atoms with E-state index in [0.717, 1.165) is 11.9 Å². The molecule has 23 heavy (non-hydrogen) atoms.